The first-order chi connectivity index (χ1) is 8.61. The second-order valence-electron chi connectivity index (χ2n) is 4.20. The van der Waals surface area contributed by atoms with Crippen LogP contribution in [0.1, 0.15) is 11.3 Å². The fraction of sp³-hybridized carbons (Fsp3) is 0.214. The van der Waals surface area contributed by atoms with Gasteiger partial charge in [-0.1, -0.05) is 23.7 Å². The zero-order valence-corrected chi connectivity index (χ0v) is 11.3. The number of aryl methyl sites for hydroxylation is 1. The van der Waals surface area contributed by atoms with Gasteiger partial charge < -0.3 is 10.6 Å². The minimum absolute atomic E-state index is 0.342. The molecule has 0 amide bonds. The minimum atomic E-state index is 0.342. The summed E-state index contributed by atoms with van der Waals surface area (Å²) >= 11 is 6.01. The predicted molar refractivity (Wildman–Crippen MR) is 76.4 cm³/mol. The van der Waals surface area contributed by atoms with Gasteiger partial charge in [0.2, 0.25) is 0 Å². The topological polar surface area (TPSA) is 42.1 Å². The number of rotatable bonds is 3. The summed E-state index contributed by atoms with van der Waals surface area (Å²) in [7, 11) is 1.98. The average Bonchev–Trinajstić information content (AvgIpc) is 2.38. The highest BCUT2D eigenvalue weighted by Gasteiger charge is 2.08. The van der Waals surface area contributed by atoms with Crippen LogP contribution in [0.4, 0.5) is 11.5 Å². The number of hydrogen-bond donors (Lipinski definition) is 1. The highest BCUT2D eigenvalue weighted by Crippen LogP contribution is 2.25. The second kappa shape index (κ2) is 5.38. The van der Waals surface area contributed by atoms with E-state index < -0.39 is 0 Å². The van der Waals surface area contributed by atoms with Crippen molar-refractivity contribution >= 4 is 23.1 Å². The molecule has 4 heteroatoms. The SMILES string of the molecule is Cc1cccc(N(C)c2ccc(Cl)c(CN)n2)c1. The molecule has 0 aliphatic carbocycles. The number of aromatic nitrogens is 1. The van der Waals surface area contributed by atoms with Crippen molar-refractivity contribution in [2.45, 2.75) is 13.5 Å². The van der Waals surface area contributed by atoms with Crippen molar-refractivity contribution < 1.29 is 0 Å². The Balaban J connectivity index is 2.36. The van der Waals surface area contributed by atoms with Gasteiger partial charge in [-0.15, -0.1) is 0 Å². The molecule has 0 fully saturated rings. The maximum atomic E-state index is 6.01. The fourth-order valence-electron chi connectivity index (χ4n) is 1.77. The number of benzene rings is 1. The van der Waals surface area contributed by atoms with Gasteiger partial charge in [-0.3, -0.25) is 0 Å². The lowest BCUT2D eigenvalue weighted by atomic mass is 10.2. The lowest BCUT2D eigenvalue weighted by Gasteiger charge is -2.19. The Morgan fingerprint density at radius 2 is 2.06 bits per heavy atom. The number of hydrogen-bond acceptors (Lipinski definition) is 3. The van der Waals surface area contributed by atoms with E-state index in [-0.39, 0.29) is 0 Å². The summed E-state index contributed by atoms with van der Waals surface area (Å²) in [5.41, 5.74) is 8.64. The van der Waals surface area contributed by atoms with E-state index in [1.54, 1.807) is 0 Å². The molecule has 94 valence electrons. The van der Waals surface area contributed by atoms with Gasteiger partial charge in [0.15, 0.2) is 0 Å². The van der Waals surface area contributed by atoms with Crippen LogP contribution in [0, 0.1) is 6.92 Å². The molecule has 2 rings (SSSR count). The molecule has 1 aromatic carbocycles. The van der Waals surface area contributed by atoms with E-state index in [9.17, 15) is 0 Å². The molecule has 2 aromatic rings. The largest absolute Gasteiger partial charge is 0.329 e. The van der Waals surface area contributed by atoms with Crippen LogP contribution in [-0.4, -0.2) is 12.0 Å². The normalized spacial score (nSPS) is 10.4. The second-order valence-corrected chi connectivity index (χ2v) is 4.61. The Kier molecular flexibility index (Phi) is 3.84. The van der Waals surface area contributed by atoms with Crippen LogP contribution >= 0.6 is 11.6 Å². The molecular weight excluding hydrogens is 246 g/mol. The molecule has 0 radical (unpaired) electrons. The molecule has 2 N–H and O–H groups in total. The van der Waals surface area contributed by atoms with E-state index in [0.29, 0.717) is 17.3 Å². The molecule has 1 heterocycles. The average molecular weight is 262 g/mol. The van der Waals surface area contributed by atoms with Crippen molar-refractivity contribution in [3.8, 4) is 0 Å². The fourth-order valence-corrected chi connectivity index (χ4v) is 1.95. The summed E-state index contributed by atoms with van der Waals surface area (Å²) < 4.78 is 0. The molecule has 18 heavy (non-hydrogen) atoms. The Hall–Kier alpha value is -1.58. The predicted octanol–water partition coefficient (Wildman–Crippen LogP) is 3.27. The first kappa shape index (κ1) is 12.9. The van der Waals surface area contributed by atoms with Crippen LogP contribution < -0.4 is 10.6 Å². The molecule has 0 bridgehead atoms. The molecule has 0 atom stereocenters. The molecule has 0 aliphatic heterocycles. The first-order valence-corrected chi connectivity index (χ1v) is 6.15. The van der Waals surface area contributed by atoms with Gasteiger partial charge in [0.25, 0.3) is 0 Å². The maximum Gasteiger partial charge on any atom is 0.133 e. The van der Waals surface area contributed by atoms with Crippen molar-refractivity contribution in [3.05, 3.63) is 52.7 Å². The molecule has 0 spiro atoms. The van der Waals surface area contributed by atoms with E-state index in [2.05, 4.69) is 24.0 Å². The Morgan fingerprint density at radius 3 is 2.72 bits per heavy atom. The van der Waals surface area contributed by atoms with E-state index in [4.69, 9.17) is 17.3 Å². The van der Waals surface area contributed by atoms with Crippen molar-refractivity contribution in [2.24, 2.45) is 5.73 Å². The Bertz CT molecular complexity index is 554. The summed E-state index contributed by atoms with van der Waals surface area (Å²) in [4.78, 5) is 6.48. The van der Waals surface area contributed by atoms with Crippen LogP contribution in [0.5, 0.6) is 0 Å². The summed E-state index contributed by atoms with van der Waals surface area (Å²) in [6.07, 6.45) is 0. The van der Waals surface area contributed by atoms with Gasteiger partial charge in [0.05, 0.1) is 10.7 Å². The molecule has 0 saturated carbocycles. The Morgan fingerprint density at radius 1 is 1.28 bits per heavy atom. The quantitative estimate of drug-likeness (QED) is 0.922. The van der Waals surface area contributed by atoms with E-state index in [0.717, 1.165) is 11.5 Å². The van der Waals surface area contributed by atoms with E-state index in [1.165, 1.54) is 5.56 Å². The lowest BCUT2D eigenvalue weighted by Crippen LogP contribution is -2.13. The van der Waals surface area contributed by atoms with Crippen LogP contribution in [0.3, 0.4) is 0 Å². The van der Waals surface area contributed by atoms with Gasteiger partial charge in [0.1, 0.15) is 5.82 Å². The number of halogens is 1. The van der Waals surface area contributed by atoms with E-state index >= 15 is 0 Å². The summed E-state index contributed by atoms with van der Waals surface area (Å²) in [6, 6.07) is 12.0. The lowest BCUT2D eigenvalue weighted by molar-refractivity contribution is 0.974. The number of nitrogens with two attached hydrogens (primary N) is 1. The maximum absolute atomic E-state index is 6.01. The van der Waals surface area contributed by atoms with Crippen molar-refractivity contribution in [1.82, 2.24) is 4.98 Å². The van der Waals surface area contributed by atoms with Crippen LogP contribution in [-0.2, 0) is 6.54 Å². The smallest absolute Gasteiger partial charge is 0.133 e. The minimum Gasteiger partial charge on any atom is -0.329 e. The van der Waals surface area contributed by atoms with Gasteiger partial charge in [-0.25, -0.2) is 4.98 Å². The third kappa shape index (κ3) is 2.63. The van der Waals surface area contributed by atoms with Gasteiger partial charge in [0, 0.05) is 19.3 Å². The van der Waals surface area contributed by atoms with Gasteiger partial charge in [-0.05, 0) is 36.8 Å². The number of anilines is 2. The third-order valence-corrected chi connectivity index (χ3v) is 3.17. The first-order valence-electron chi connectivity index (χ1n) is 5.77. The standard InChI is InChI=1S/C14H16ClN3/c1-10-4-3-5-11(8-10)18(2)14-7-6-12(15)13(9-16)17-14/h3-8H,9,16H2,1-2H3. The molecule has 0 aliphatic rings. The zero-order chi connectivity index (χ0) is 13.1. The van der Waals surface area contributed by atoms with Gasteiger partial charge >= 0.3 is 0 Å². The number of nitrogens with zero attached hydrogens (tertiary/aromatic N) is 2. The molecule has 3 nitrogen and oxygen atoms in total. The summed E-state index contributed by atoms with van der Waals surface area (Å²) in [5, 5.41) is 0.610. The summed E-state index contributed by atoms with van der Waals surface area (Å²) in [6.45, 7) is 2.41. The van der Waals surface area contributed by atoms with Crippen LogP contribution in [0.15, 0.2) is 36.4 Å². The zero-order valence-electron chi connectivity index (χ0n) is 10.5. The molecule has 0 saturated heterocycles. The molecular formula is C14H16ClN3. The van der Waals surface area contributed by atoms with Crippen LogP contribution in [0.2, 0.25) is 5.02 Å². The van der Waals surface area contributed by atoms with Crippen LogP contribution in [0.25, 0.3) is 0 Å². The Labute approximate surface area is 112 Å². The monoisotopic (exact) mass is 261 g/mol. The highest BCUT2D eigenvalue weighted by atomic mass is 35.5. The van der Waals surface area contributed by atoms with Crippen molar-refractivity contribution in [3.63, 3.8) is 0 Å². The number of pyridine rings is 1. The van der Waals surface area contributed by atoms with Crippen molar-refractivity contribution in [1.29, 1.82) is 0 Å². The van der Waals surface area contributed by atoms with E-state index in [1.807, 2.05) is 36.2 Å². The van der Waals surface area contributed by atoms with Gasteiger partial charge in [-0.2, -0.15) is 0 Å². The molecule has 0 unspecified atom stereocenters. The third-order valence-electron chi connectivity index (χ3n) is 2.83. The molecule has 1 aromatic heterocycles. The summed E-state index contributed by atoms with van der Waals surface area (Å²) in [5.74, 6) is 0.838. The van der Waals surface area contributed by atoms with Crippen molar-refractivity contribution in [2.75, 3.05) is 11.9 Å². The highest BCUT2D eigenvalue weighted by molar-refractivity contribution is 6.31.